The number of hydrogen-bond donors (Lipinski definition) is 2. The quantitative estimate of drug-likeness (QED) is 0.687. The number of carbonyl (C=O) groups excluding carboxylic acids is 1. The van der Waals surface area contributed by atoms with E-state index in [-0.39, 0.29) is 24.3 Å². The molecular weight excluding hydrogens is 429 g/mol. The number of nitrogens with zero attached hydrogens (tertiary/aromatic N) is 2. The van der Waals surface area contributed by atoms with Crippen molar-refractivity contribution in [3.05, 3.63) is 46.1 Å². The predicted octanol–water partition coefficient (Wildman–Crippen LogP) is 3.68. The molecule has 0 radical (unpaired) electrons. The zero-order chi connectivity index (χ0) is 19.6. The number of alkyl halides is 3. The third-order valence-electron chi connectivity index (χ3n) is 4.35. The Morgan fingerprint density at radius 3 is 2.74 bits per heavy atom. The summed E-state index contributed by atoms with van der Waals surface area (Å²) in [6.07, 6.45) is -3.54. The molecule has 1 aliphatic heterocycles. The first kappa shape index (κ1) is 19.7. The van der Waals surface area contributed by atoms with E-state index in [1.807, 2.05) is 0 Å². The summed E-state index contributed by atoms with van der Waals surface area (Å²) in [6.45, 7) is 0.550. The Morgan fingerprint density at radius 1 is 1.41 bits per heavy atom. The number of anilines is 1. The molecule has 2 N–H and O–H groups in total. The summed E-state index contributed by atoms with van der Waals surface area (Å²) in [4.78, 5) is 12.3. The fraction of sp³-hybridized carbons (Fsp3) is 0.412. The van der Waals surface area contributed by atoms with E-state index in [2.05, 4.69) is 31.7 Å². The van der Waals surface area contributed by atoms with Crippen molar-refractivity contribution < 1.29 is 22.7 Å². The first-order valence-corrected chi connectivity index (χ1v) is 9.04. The Bertz CT molecular complexity index is 808. The smallest absolute Gasteiger partial charge is 0.383 e. The van der Waals surface area contributed by atoms with E-state index in [1.165, 1.54) is 7.11 Å². The van der Waals surface area contributed by atoms with Crippen LogP contribution in [0.5, 0.6) is 0 Å². The van der Waals surface area contributed by atoms with Crippen molar-refractivity contribution in [2.75, 3.05) is 25.6 Å². The standard InChI is InChI=1S/C17H18BrF3N4O2/c1-27-7-6-22-16(26)12-9-23-25-14(17(19,20)21)8-13(24-15(12)25)10-2-4-11(18)5-3-10/h2-5,9,13-14,24H,6-8H2,1H3,(H,22,26)/t13-,14-/m0/s1. The number of ether oxygens (including phenoxy) is 1. The van der Waals surface area contributed by atoms with E-state index in [1.54, 1.807) is 24.3 Å². The summed E-state index contributed by atoms with van der Waals surface area (Å²) in [7, 11) is 1.49. The van der Waals surface area contributed by atoms with Gasteiger partial charge in [0.25, 0.3) is 5.91 Å². The highest BCUT2D eigenvalue weighted by molar-refractivity contribution is 9.10. The molecule has 2 atom stereocenters. The second kappa shape index (κ2) is 7.89. The van der Waals surface area contributed by atoms with Gasteiger partial charge >= 0.3 is 6.18 Å². The van der Waals surface area contributed by atoms with Gasteiger partial charge in [-0.15, -0.1) is 0 Å². The summed E-state index contributed by atoms with van der Waals surface area (Å²) in [5.74, 6) is -0.440. The van der Waals surface area contributed by atoms with Crippen molar-refractivity contribution in [2.24, 2.45) is 0 Å². The second-order valence-electron chi connectivity index (χ2n) is 6.14. The van der Waals surface area contributed by atoms with Gasteiger partial charge in [0, 0.05) is 24.5 Å². The third-order valence-corrected chi connectivity index (χ3v) is 4.88. The average molecular weight is 447 g/mol. The molecule has 0 fully saturated rings. The van der Waals surface area contributed by atoms with Crippen LogP contribution in [-0.4, -0.2) is 42.1 Å². The molecule has 0 unspecified atom stereocenters. The first-order valence-electron chi connectivity index (χ1n) is 8.24. The van der Waals surface area contributed by atoms with Gasteiger partial charge in [0.05, 0.1) is 18.8 Å². The van der Waals surface area contributed by atoms with Crippen molar-refractivity contribution in [3.63, 3.8) is 0 Å². The number of halogens is 4. The van der Waals surface area contributed by atoms with Gasteiger partial charge in [-0.2, -0.15) is 18.3 Å². The van der Waals surface area contributed by atoms with E-state index in [0.29, 0.717) is 12.2 Å². The fourth-order valence-corrected chi connectivity index (χ4v) is 3.27. The van der Waals surface area contributed by atoms with Crippen LogP contribution in [-0.2, 0) is 4.74 Å². The number of fused-ring (bicyclic) bond motifs is 1. The second-order valence-corrected chi connectivity index (χ2v) is 7.06. The van der Waals surface area contributed by atoms with Crippen molar-refractivity contribution in [2.45, 2.75) is 24.7 Å². The molecule has 0 saturated heterocycles. The number of benzene rings is 1. The van der Waals surface area contributed by atoms with Crippen LogP contribution in [0.25, 0.3) is 0 Å². The molecule has 0 aliphatic carbocycles. The van der Waals surface area contributed by atoms with Gasteiger partial charge in [-0.05, 0) is 17.7 Å². The Hall–Kier alpha value is -2.07. The third kappa shape index (κ3) is 4.27. The van der Waals surface area contributed by atoms with Gasteiger partial charge in [-0.25, -0.2) is 4.68 Å². The van der Waals surface area contributed by atoms with Gasteiger partial charge in [-0.1, -0.05) is 28.1 Å². The lowest BCUT2D eigenvalue weighted by Crippen LogP contribution is -2.36. The molecule has 1 aromatic heterocycles. The predicted molar refractivity (Wildman–Crippen MR) is 96.7 cm³/mol. The number of carbonyl (C=O) groups is 1. The Balaban J connectivity index is 1.93. The Morgan fingerprint density at radius 2 is 2.11 bits per heavy atom. The summed E-state index contributed by atoms with van der Waals surface area (Å²) < 4.78 is 47.4. The van der Waals surface area contributed by atoms with Crippen LogP contribution in [0.2, 0.25) is 0 Å². The van der Waals surface area contributed by atoms with Crippen LogP contribution in [0.1, 0.15) is 34.4 Å². The topological polar surface area (TPSA) is 68.2 Å². The molecule has 0 spiro atoms. The number of aromatic nitrogens is 2. The lowest BCUT2D eigenvalue weighted by atomic mass is 9.96. The van der Waals surface area contributed by atoms with Crippen LogP contribution in [0.4, 0.5) is 19.0 Å². The fourth-order valence-electron chi connectivity index (χ4n) is 3.00. The molecule has 2 aromatic rings. The molecule has 10 heteroatoms. The summed E-state index contributed by atoms with van der Waals surface area (Å²) in [6, 6.07) is 4.62. The minimum Gasteiger partial charge on any atom is -0.383 e. The van der Waals surface area contributed by atoms with E-state index in [0.717, 1.165) is 15.4 Å². The van der Waals surface area contributed by atoms with Crippen molar-refractivity contribution in [3.8, 4) is 0 Å². The normalized spacial score (nSPS) is 19.3. The van der Waals surface area contributed by atoms with Crippen molar-refractivity contribution in [1.29, 1.82) is 0 Å². The molecule has 1 aliphatic rings. The molecule has 27 heavy (non-hydrogen) atoms. The minimum absolute atomic E-state index is 0.0615. The zero-order valence-electron chi connectivity index (χ0n) is 14.4. The molecule has 6 nitrogen and oxygen atoms in total. The lowest BCUT2D eigenvalue weighted by Gasteiger charge is -2.34. The molecule has 2 heterocycles. The lowest BCUT2D eigenvalue weighted by molar-refractivity contribution is -0.173. The van der Waals surface area contributed by atoms with E-state index in [9.17, 15) is 18.0 Å². The highest BCUT2D eigenvalue weighted by Crippen LogP contribution is 2.44. The summed E-state index contributed by atoms with van der Waals surface area (Å²) >= 11 is 3.32. The number of methoxy groups -OCH3 is 1. The maximum atomic E-state index is 13.6. The van der Waals surface area contributed by atoms with Crippen molar-refractivity contribution in [1.82, 2.24) is 15.1 Å². The van der Waals surface area contributed by atoms with Crippen LogP contribution in [0, 0.1) is 0 Å². The molecule has 0 bridgehead atoms. The monoisotopic (exact) mass is 446 g/mol. The van der Waals surface area contributed by atoms with E-state index >= 15 is 0 Å². The summed E-state index contributed by atoms with van der Waals surface area (Å²) in [5.41, 5.74) is 0.771. The molecule has 3 rings (SSSR count). The minimum atomic E-state index is -4.49. The van der Waals surface area contributed by atoms with Crippen LogP contribution in [0.3, 0.4) is 0 Å². The Kier molecular flexibility index (Phi) is 5.75. The van der Waals surface area contributed by atoms with Gasteiger partial charge in [-0.3, -0.25) is 4.79 Å². The molecular formula is C17H18BrF3N4O2. The number of amides is 1. The highest BCUT2D eigenvalue weighted by atomic mass is 79.9. The number of nitrogens with one attached hydrogen (secondary N) is 2. The number of hydrogen-bond acceptors (Lipinski definition) is 4. The van der Waals surface area contributed by atoms with Crippen molar-refractivity contribution >= 4 is 27.7 Å². The Labute approximate surface area is 162 Å². The maximum Gasteiger partial charge on any atom is 0.410 e. The SMILES string of the molecule is COCCNC(=O)c1cnn2c1N[C@H](c1ccc(Br)cc1)C[C@H]2C(F)(F)F. The van der Waals surface area contributed by atoms with Crippen LogP contribution >= 0.6 is 15.9 Å². The van der Waals surface area contributed by atoms with Crippen LogP contribution in [0.15, 0.2) is 34.9 Å². The summed E-state index contributed by atoms with van der Waals surface area (Å²) in [5, 5.41) is 9.49. The largest absolute Gasteiger partial charge is 0.410 e. The average Bonchev–Trinajstić information content (AvgIpc) is 3.04. The zero-order valence-corrected chi connectivity index (χ0v) is 16.0. The molecule has 1 amide bonds. The van der Waals surface area contributed by atoms with Gasteiger partial charge in [0.2, 0.25) is 0 Å². The maximum absolute atomic E-state index is 13.6. The number of rotatable bonds is 5. The van der Waals surface area contributed by atoms with E-state index in [4.69, 9.17) is 4.74 Å². The van der Waals surface area contributed by atoms with Gasteiger partial charge < -0.3 is 15.4 Å². The highest BCUT2D eigenvalue weighted by Gasteiger charge is 2.47. The van der Waals surface area contributed by atoms with Gasteiger partial charge in [0.1, 0.15) is 11.4 Å². The van der Waals surface area contributed by atoms with Crippen LogP contribution < -0.4 is 10.6 Å². The first-order chi connectivity index (χ1) is 12.8. The molecule has 146 valence electrons. The molecule has 0 saturated carbocycles. The van der Waals surface area contributed by atoms with E-state index < -0.39 is 24.2 Å². The van der Waals surface area contributed by atoms with Gasteiger partial charge in [0.15, 0.2) is 6.04 Å². The molecule has 1 aromatic carbocycles.